The molecule has 3 aromatic rings. The second kappa shape index (κ2) is 6.22. The molecule has 23 heavy (non-hydrogen) atoms. The van der Waals surface area contributed by atoms with Crippen molar-refractivity contribution < 1.29 is 9.31 Å². The molecule has 0 aliphatic rings. The monoisotopic (exact) mass is 313 g/mol. The third-order valence-corrected chi connectivity index (χ3v) is 3.23. The predicted octanol–water partition coefficient (Wildman–Crippen LogP) is 2.93. The number of aromatic nitrogens is 3. The predicted molar refractivity (Wildman–Crippen MR) is 81.7 cm³/mol. The Morgan fingerprint density at radius 2 is 2.09 bits per heavy atom. The maximum atomic E-state index is 13.6. The molecule has 0 radical (unpaired) electrons. The number of halogens is 1. The topological polar surface area (TPSA) is 85.9 Å². The lowest BCUT2D eigenvalue weighted by molar-refractivity contribution is -0.386. The van der Waals surface area contributed by atoms with Gasteiger partial charge in [-0.25, -0.2) is 9.67 Å². The van der Waals surface area contributed by atoms with Crippen LogP contribution in [0.2, 0.25) is 0 Å². The number of rotatable bonds is 5. The van der Waals surface area contributed by atoms with Crippen LogP contribution in [0.15, 0.2) is 55.0 Å². The normalized spacial score (nSPS) is 10.5. The number of para-hydroxylation sites is 1. The summed E-state index contributed by atoms with van der Waals surface area (Å²) >= 11 is 0. The molecule has 8 heteroatoms. The van der Waals surface area contributed by atoms with E-state index in [1.54, 1.807) is 35.4 Å². The van der Waals surface area contributed by atoms with Crippen molar-refractivity contribution in [2.24, 2.45) is 0 Å². The van der Waals surface area contributed by atoms with E-state index < -0.39 is 16.4 Å². The lowest BCUT2D eigenvalue weighted by atomic mass is 10.2. The van der Waals surface area contributed by atoms with E-state index in [4.69, 9.17) is 0 Å². The number of benzene rings is 1. The summed E-state index contributed by atoms with van der Waals surface area (Å²) in [5.74, 6) is -0.275. The number of nitrogens with one attached hydrogen (secondary N) is 1. The molecule has 3 rings (SSSR count). The van der Waals surface area contributed by atoms with Crippen LogP contribution in [0.4, 0.5) is 15.8 Å². The molecule has 0 unspecified atom stereocenters. The average Bonchev–Trinajstić information content (AvgIpc) is 3.07. The molecule has 0 atom stereocenters. The molecule has 0 aliphatic heterocycles. The van der Waals surface area contributed by atoms with Gasteiger partial charge in [-0.3, -0.25) is 10.1 Å². The van der Waals surface area contributed by atoms with E-state index in [1.165, 1.54) is 12.1 Å². The van der Waals surface area contributed by atoms with E-state index in [1.807, 2.05) is 6.07 Å². The van der Waals surface area contributed by atoms with Gasteiger partial charge in [0.1, 0.15) is 5.69 Å². The standard InChI is InChI=1S/C15H12FN5O2/c16-12-5-1-6-13(14(12)21(22)23)18-10-11-4-2-7-17-15(11)20-9-3-8-19-20/h1-9,18H,10H2. The number of hydrogen-bond acceptors (Lipinski definition) is 5. The first kappa shape index (κ1) is 14.6. The zero-order chi connectivity index (χ0) is 16.2. The number of hydrogen-bond donors (Lipinski definition) is 1. The van der Waals surface area contributed by atoms with E-state index in [0.717, 1.165) is 11.6 Å². The third-order valence-electron chi connectivity index (χ3n) is 3.23. The fourth-order valence-electron chi connectivity index (χ4n) is 2.20. The Morgan fingerprint density at radius 1 is 1.22 bits per heavy atom. The Bertz CT molecular complexity index is 836. The van der Waals surface area contributed by atoms with Crippen LogP contribution in [0.3, 0.4) is 0 Å². The molecule has 0 saturated heterocycles. The third kappa shape index (κ3) is 3.00. The number of pyridine rings is 1. The number of nitro groups is 1. The SMILES string of the molecule is O=[N+]([O-])c1c(F)cccc1NCc1cccnc1-n1cccn1. The Kier molecular flexibility index (Phi) is 3.96. The summed E-state index contributed by atoms with van der Waals surface area (Å²) in [5, 5.41) is 18.0. The van der Waals surface area contributed by atoms with Gasteiger partial charge in [0, 0.05) is 30.7 Å². The maximum Gasteiger partial charge on any atom is 0.327 e. The van der Waals surface area contributed by atoms with Gasteiger partial charge in [-0.2, -0.15) is 9.49 Å². The minimum Gasteiger partial charge on any atom is -0.375 e. The highest BCUT2D eigenvalue weighted by Gasteiger charge is 2.19. The molecule has 2 heterocycles. The average molecular weight is 313 g/mol. The highest BCUT2D eigenvalue weighted by Crippen LogP contribution is 2.27. The van der Waals surface area contributed by atoms with Gasteiger partial charge in [0.05, 0.1) is 4.92 Å². The van der Waals surface area contributed by atoms with Crippen LogP contribution < -0.4 is 5.32 Å². The molecule has 0 fully saturated rings. The second-order valence-electron chi connectivity index (χ2n) is 4.68. The molecule has 0 amide bonds. The molecule has 1 N–H and O–H groups in total. The first-order chi connectivity index (χ1) is 11.2. The largest absolute Gasteiger partial charge is 0.375 e. The van der Waals surface area contributed by atoms with Crippen LogP contribution in [0.1, 0.15) is 5.56 Å². The molecule has 116 valence electrons. The molecule has 0 bridgehead atoms. The first-order valence-corrected chi connectivity index (χ1v) is 6.77. The van der Waals surface area contributed by atoms with Gasteiger partial charge in [0.15, 0.2) is 5.82 Å². The van der Waals surface area contributed by atoms with Crippen LogP contribution in [0.25, 0.3) is 5.82 Å². The van der Waals surface area contributed by atoms with Crippen LogP contribution in [-0.2, 0) is 6.54 Å². The van der Waals surface area contributed by atoms with Crippen molar-refractivity contribution in [1.29, 1.82) is 0 Å². The number of nitro benzene ring substituents is 1. The molecule has 1 aromatic carbocycles. The summed E-state index contributed by atoms with van der Waals surface area (Å²) in [7, 11) is 0. The van der Waals surface area contributed by atoms with Gasteiger partial charge in [-0.1, -0.05) is 12.1 Å². The van der Waals surface area contributed by atoms with Crippen LogP contribution in [-0.4, -0.2) is 19.7 Å². The first-order valence-electron chi connectivity index (χ1n) is 6.77. The minimum absolute atomic E-state index is 0.116. The van der Waals surface area contributed by atoms with Crippen molar-refractivity contribution in [3.05, 3.63) is 76.5 Å². The molecule has 0 saturated carbocycles. The molecular weight excluding hydrogens is 301 g/mol. The smallest absolute Gasteiger partial charge is 0.327 e. The Labute approximate surface area is 130 Å². The number of anilines is 1. The van der Waals surface area contributed by atoms with E-state index in [2.05, 4.69) is 15.4 Å². The summed E-state index contributed by atoms with van der Waals surface area (Å²) in [6.07, 6.45) is 5.00. The summed E-state index contributed by atoms with van der Waals surface area (Å²) in [6.45, 7) is 0.243. The highest BCUT2D eigenvalue weighted by molar-refractivity contribution is 5.62. The fraction of sp³-hybridized carbons (Fsp3) is 0.0667. The minimum atomic E-state index is -0.876. The van der Waals surface area contributed by atoms with Gasteiger partial charge in [0.25, 0.3) is 0 Å². The van der Waals surface area contributed by atoms with Crippen molar-refractivity contribution in [3.8, 4) is 5.82 Å². The van der Waals surface area contributed by atoms with Gasteiger partial charge in [-0.15, -0.1) is 0 Å². The van der Waals surface area contributed by atoms with Crippen molar-refractivity contribution in [2.75, 3.05) is 5.32 Å². The van der Waals surface area contributed by atoms with Crippen LogP contribution in [0.5, 0.6) is 0 Å². The summed E-state index contributed by atoms with van der Waals surface area (Å²) < 4.78 is 15.2. The number of nitrogens with zero attached hydrogens (tertiary/aromatic N) is 4. The molecule has 0 aliphatic carbocycles. The Morgan fingerprint density at radius 3 is 2.83 bits per heavy atom. The summed E-state index contributed by atoms with van der Waals surface area (Å²) in [6, 6.07) is 9.28. The fourth-order valence-corrected chi connectivity index (χ4v) is 2.20. The van der Waals surface area contributed by atoms with E-state index in [0.29, 0.717) is 5.82 Å². The highest BCUT2D eigenvalue weighted by atomic mass is 19.1. The van der Waals surface area contributed by atoms with Crippen molar-refractivity contribution in [2.45, 2.75) is 6.54 Å². The van der Waals surface area contributed by atoms with Gasteiger partial charge in [-0.05, 0) is 24.3 Å². The summed E-state index contributed by atoms with van der Waals surface area (Å²) in [4.78, 5) is 14.5. The van der Waals surface area contributed by atoms with Gasteiger partial charge < -0.3 is 5.32 Å². The maximum absolute atomic E-state index is 13.6. The van der Waals surface area contributed by atoms with Crippen molar-refractivity contribution >= 4 is 11.4 Å². The second-order valence-corrected chi connectivity index (χ2v) is 4.68. The Hall–Kier alpha value is -3.29. The summed E-state index contributed by atoms with van der Waals surface area (Å²) in [5.41, 5.74) is 0.317. The van der Waals surface area contributed by atoms with E-state index in [9.17, 15) is 14.5 Å². The lowest BCUT2D eigenvalue weighted by Gasteiger charge is -2.11. The van der Waals surface area contributed by atoms with E-state index in [-0.39, 0.29) is 12.2 Å². The zero-order valence-electron chi connectivity index (χ0n) is 11.9. The molecule has 0 spiro atoms. The molecule has 7 nitrogen and oxygen atoms in total. The van der Waals surface area contributed by atoms with Crippen LogP contribution in [0, 0.1) is 15.9 Å². The quantitative estimate of drug-likeness (QED) is 0.578. The van der Waals surface area contributed by atoms with Crippen LogP contribution >= 0.6 is 0 Å². The van der Waals surface area contributed by atoms with Gasteiger partial charge in [0.2, 0.25) is 5.82 Å². The molecule has 2 aromatic heterocycles. The van der Waals surface area contributed by atoms with Crippen molar-refractivity contribution in [3.63, 3.8) is 0 Å². The molecular formula is C15H12FN5O2. The Balaban J connectivity index is 1.88. The van der Waals surface area contributed by atoms with E-state index >= 15 is 0 Å². The van der Waals surface area contributed by atoms with Gasteiger partial charge >= 0.3 is 5.69 Å². The lowest BCUT2D eigenvalue weighted by Crippen LogP contribution is -2.09. The van der Waals surface area contributed by atoms with Crippen molar-refractivity contribution in [1.82, 2.24) is 14.8 Å². The zero-order valence-corrected chi connectivity index (χ0v) is 11.9.